The van der Waals surface area contributed by atoms with Gasteiger partial charge in [-0.1, -0.05) is 13.8 Å². The second kappa shape index (κ2) is 7.77. The van der Waals surface area contributed by atoms with Crippen LogP contribution in [-0.4, -0.2) is 30.0 Å². The fraction of sp³-hybridized carbons (Fsp3) is 0.600. The van der Waals surface area contributed by atoms with Crippen molar-refractivity contribution in [3.05, 3.63) is 23.9 Å². The summed E-state index contributed by atoms with van der Waals surface area (Å²) in [4.78, 5) is 18.6. The lowest BCUT2D eigenvalue weighted by molar-refractivity contribution is 0.0943. The lowest BCUT2D eigenvalue weighted by Gasteiger charge is -2.22. The van der Waals surface area contributed by atoms with E-state index < -0.39 is 0 Å². The first-order valence-electron chi connectivity index (χ1n) is 7.10. The Morgan fingerprint density at radius 2 is 1.95 bits per heavy atom. The van der Waals surface area contributed by atoms with E-state index in [4.69, 9.17) is 0 Å². The maximum Gasteiger partial charge on any atom is 0.251 e. The molecule has 0 spiro atoms. The van der Waals surface area contributed by atoms with Crippen LogP contribution in [-0.2, 0) is 0 Å². The number of carbonyl (C=O) groups is 1. The highest BCUT2D eigenvalue weighted by Crippen LogP contribution is 2.14. The van der Waals surface area contributed by atoms with Crippen LogP contribution in [0.25, 0.3) is 0 Å². The van der Waals surface area contributed by atoms with E-state index >= 15 is 0 Å². The Morgan fingerprint density at radius 3 is 2.47 bits per heavy atom. The summed E-state index contributed by atoms with van der Waals surface area (Å²) in [7, 11) is 0. The Morgan fingerprint density at radius 1 is 1.32 bits per heavy atom. The van der Waals surface area contributed by atoms with E-state index in [0.29, 0.717) is 5.56 Å². The van der Waals surface area contributed by atoms with Gasteiger partial charge in [0.15, 0.2) is 0 Å². The molecule has 1 rings (SSSR count). The van der Waals surface area contributed by atoms with Gasteiger partial charge in [0, 0.05) is 30.9 Å². The molecule has 1 N–H and O–H groups in total. The summed E-state index contributed by atoms with van der Waals surface area (Å²) in [6.45, 7) is 10.2. The Balaban J connectivity index is 2.88. The summed E-state index contributed by atoms with van der Waals surface area (Å²) in [6.07, 6.45) is 3.86. The molecule has 0 saturated carbocycles. The summed E-state index contributed by atoms with van der Waals surface area (Å²) < 4.78 is 0. The summed E-state index contributed by atoms with van der Waals surface area (Å²) in [6, 6.07) is 3.78. The maximum absolute atomic E-state index is 12.0. The highest BCUT2D eigenvalue weighted by atomic mass is 16.1. The Bertz CT molecular complexity index is 398. The van der Waals surface area contributed by atoms with Gasteiger partial charge in [0.2, 0.25) is 0 Å². The van der Waals surface area contributed by atoms with E-state index in [1.807, 2.05) is 19.9 Å². The zero-order valence-corrected chi connectivity index (χ0v) is 12.4. The fourth-order valence-corrected chi connectivity index (χ4v) is 1.96. The van der Waals surface area contributed by atoms with Crippen molar-refractivity contribution in [3.63, 3.8) is 0 Å². The molecule has 106 valence electrons. The quantitative estimate of drug-likeness (QED) is 0.822. The average Bonchev–Trinajstić information content (AvgIpc) is 2.38. The van der Waals surface area contributed by atoms with Crippen LogP contribution in [0.15, 0.2) is 18.3 Å². The van der Waals surface area contributed by atoms with Crippen molar-refractivity contribution in [2.24, 2.45) is 0 Å². The molecule has 0 aliphatic heterocycles. The van der Waals surface area contributed by atoms with E-state index in [1.54, 1.807) is 12.3 Å². The van der Waals surface area contributed by atoms with Crippen LogP contribution in [0.3, 0.4) is 0 Å². The first kappa shape index (κ1) is 15.5. The van der Waals surface area contributed by atoms with Gasteiger partial charge in [-0.25, -0.2) is 4.98 Å². The van der Waals surface area contributed by atoms with Crippen LogP contribution in [0.1, 0.15) is 50.9 Å². The van der Waals surface area contributed by atoms with Crippen LogP contribution < -0.4 is 10.2 Å². The average molecular weight is 263 g/mol. The normalized spacial score (nSPS) is 10.6. The lowest BCUT2D eigenvalue weighted by Crippen LogP contribution is -2.31. The van der Waals surface area contributed by atoms with E-state index in [0.717, 1.165) is 31.7 Å². The standard InChI is InChI=1S/C15H25N3O/c1-5-9-18(10-6-2)14-11-13(7-8-16-14)15(19)17-12(3)4/h7-8,11-12H,5-6,9-10H2,1-4H3,(H,17,19). The smallest absolute Gasteiger partial charge is 0.251 e. The molecule has 1 aromatic heterocycles. The molecule has 1 heterocycles. The van der Waals surface area contributed by atoms with Crippen molar-refractivity contribution in [2.45, 2.75) is 46.6 Å². The van der Waals surface area contributed by atoms with Gasteiger partial charge in [0.1, 0.15) is 5.82 Å². The van der Waals surface area contributed by atoms with Crippen molar-refractivity contribution in [2.75, 3.05) is 18.0 Å². The molecule has 0 aliphatic carbocycles. The van der Waals surface area contributed by atoms with E-state index in [9.17, 15) is 4.79 Å². The van der Waals surface area contributed by atoms with Gasteiger partial charge >= 0.3 is 0 Å². The number of amides is 1. The number of nitrogens with zero attached hydrogens (tertiary/aromatic N) is 2. The molecule has 0 radical (unpaired) electrons. The molecular formula is C15H25N3O. The van der Waals surface area contributed by atoms with Crippen LogP contribution in [0, 0.1) is 0 Å². The zero-order chi connectivity index (χ0) is 14.3. The number of rotatable bonds is 7. The van der Waals surface area contributed by atoms with Gasteiger partial charge in [-0.15, -0.1) is 0 Å². The number of hydrogen-bond acceptors (Lipinski definition) is 3. The Hall–Kier alpha value is -1.58. The molecule has 1 aromatic rings. The summed E-state index contributed by atoms with van der Waals surface area (Å²) >= 11 is 0. The molecule has 4 heteroatoms. The molecular weight excluding hydrogens is 238 g/mol. The SMILES string of the molecule is CCCN(CCC)c1cc(C(=O)NC(C)C)ccn1. The van der Waals surface area contributed by atoms with Gasteiger partial charge in [0.25, 0.3) is 5.91 Å². The van der Waals surface area contributed by atoms with Crippen molar-refractivity contribution in [1.29, 1.82) is 0 Å². The fourth-order valence-electron chi connectivity index (χ4n) is 1.96. The monoisotopic (exact) mass is 263 g/mol. The minimum Gasteiger partial charge on any atom is -0.357 e. The molecule has 0 atom stereocenters. The second-order valence-corrected chi connectivity index (χ2v) is 5.02. The number of carbonyl (C=O) groups excluding carboxylic acids is 1. The maximum atomic E-state index is 12.0. The van der Waals surface area contributed by atoms with Crippen LogP contribution in [0.4, 0.5) is 5.82 Å². The Kier molecular flexibility index (Phi) is 6.33. The number of nitrogens with one attached hydrogen (secondary N) is 1. The molecule has 0 fully saturated rings. The molecule has 4 nitrogen and oxygen atoms in total. The number of aromatic nitrogens is 1. The van der Waals surface area contributed by atoms with Crippen molar-refractivity contribution < 1.29 is 4.79 Å². The molecule has 0 aliphatic rings. The van der Waals surface area contributed by atoms with Gasteiger partial charge < -0.3 is 10.2 Å². The summed E-state index contributed by atoms with van der Waals surface area (Å²) in [5.74, 6) is 0.853. The Labute approximate surface area is 116 Å². The third kappa shape index (κ3) is 4.89. The van der Waals surface area contributed by atoms with E-state index in [2.05, 4.69) is 29.0 Å². The zero-order valence-electron chi connectivity index (χ0n) is 12.4. The number of anilines is 1. The number of pyridine rings is 1. The highest BCUT2D eigenvalue weighted by Gasteiger charge is 2.11. The van der Waals surface area contributed by atoms with Gasteiger partial charge in [-0.3, -0.25) is 4.79 Å². The van der Waals surface area contributed by atoms with Gasteiger partial charge in [-0.05, 0) is 38.8 Å². The molecule has 0 saturated heterocycles. The summed E-state index contributed by atoms with van der Waals surface area (Å²) in [5.41, 5.74) is 0.677. The van der Waals surface area contributed by atoms with E-state index in [-0.39, 0.29) is 11.9 Å². The molecule has 19 heavy (non-hydrogen) atoms. The first-order chi connectivity index (χ1) is 9.08. The first-order valence-corrected chi connectivity index (χ1v) is 7.10. The third-order valence-corrected chi connectivity index (χ3v) is 2.74. The minimum absolute atomic E-state index is 0.0356. The van der Waals surface area contributed by atoms with Crippen LogP contribution in [0.5, 0.6) is 0 Å². The van der Waals surface area contributed by atoms with Crippen molar-refractivity contribution >= 4 is 11.7 Å². The van der Waals surface area contributed by atoms with Gasteiger partial charge in [-0.2, -0.15) is 0 Å². The molecule has 0 aromatic carbocycles. The van der Waals surface area contributed by atoms with Crippen molar-refractivity contribution in [3.8, 4) is 0 Å². The molecule has 0 unspecified atom stereocenters. The van der Waals surface area contributed by atoms with E-state index in [1.165, 1.54) is 0 Å². The predicted octanol–water partition coefficient (Wildman–Crippen LogP) is 2.85. The topological polar surface area (TPSA) is 45.2 Å². The summed E-state index contributed by atoms with van der Waals surface area (Å²) in [5, 5.41) is 2.90. The largest absolute Gasteiger partial charge is 0.357 e. The van der Waals surface area contributed by atoms with Crippen molar-refractivity contribution in [1.82, 2.24) is 10.3 Å². The molecule has 0 bridgehead atoms. The lowest BCUT2D eigenvalue weighted by atomic mass is 10.2. The predicted molar refractivity (Wildman–Crippen MR) is 79.6 cm³/mol. The number of hydrogen-bond donors (Lipinski definition) is 1. The van der Waals surface area contributed by atoms with Gasteiger partial charge in [0.05, 0.1) is 0 Å². The minimum atomic E-state index is -0.0356. The molecule has 1 amide bonds. The highest BCUT2D eigenvalue weighted by molar-refractivity contribution is 5.94. The third-order valence-electron chi connectivity index (χ3n) is 2.74. The van der Waals surface area contributed by atoms with Crippen LogP contribution >= 0.6 is 0 Å². The van der Waals surface area contributed by atoms with Crippen LogP contribution in [0.2, 0.25) is 0 Å². The second-order valence-electron chi connectivity index (χ2n) is 5.02.